The molecule has 0 aliphatic rings. The molecule has 24 heavy (non-hydrogen) atoms. The Labute approximate surface area is 146 Å². The Hall–Kier alpha value is -2.32. The van der Waals surface area contributed by atoms with Crippen molar-refractivity contribution in [3.05, 3.63) is 44.8 Å². The first-order valence-electron chi connectivity index (χ1n) is 7.11. The highest BCUT2D eigenvalue weighted by atomic mass is 35.5. The number of hydrogen-bond acceptors (Lipinski definition) is 8. The predicted molar refractivity (Wildman–Crippen MR) is 95.1 cm³/mol. The van der Waals surface area contributed by atoms with E-state index in [9.17, 15) is 4.79 Å². The van der Waals surface area contributed by atoms with E-state index in [-0.39, 0.29) is 11.9 Å². The van der Waals surface area contributed by atoms with Gasteiger partial charge in [-0.3, -0.25) is 0 Å². The number of rotatable bonds is 4. The molecule has 2 aromatic heterocycles. The molecular weight excluding hydrogens is 350 g/mol. The zero-order chi connectivity index (χ0) is 17.3. The summed E-state index contributed by atoms with van der Waals surface area (Å²) < 4.78 is 5.29. The van der Waals surface area contributed by atoms with Crippen molar-refractivity contribution in [3.8, 4) is 0 Å². The summed E-state index contributed by atoms with van der Waals surface area (Å²) in [6.45, 7) is 1.99. The summed E-state index contributed by atoms with van der Waals surface area (Å²) in [5.41, 5.74) is 12.9. The SMILES string of the molecule is CCc1cc2oc(=O)cc(CSc3nc(N)nc(N)n3)c2cc1Cl. The third-order valence-corrected chi connectivity index (χ3v) is 4.63. The van der Waals surface area contributed by atoms with E-state index in [0.29, 0.717) is 21.5 Å². The standard InChI is InChI=1S/C15H14ClN5O2S/c1-2-7-3-11-9(5-10(7)16)8(4-12(22)23-11)6-24-15-20-13(17)19-14(18)21-15/h3-5H,2,6H2,1H3,(H4,17,18,19,20,21). The lowest BCUT2D eigenvalue weighted by atomic mass is 10.1. The first-order valence-corrected chi connectivity index (χ1v) is 8.47. The smallest absolute Gasteiger partial charge is 0.336 e. The highest BCUT2D eigenvalue weighted by Gasteiger charge is 2.11. The van der Waals surface area contributed by atoms with Gasteiger partial charge in [-0.25, -0.2) is 4.79 Å². The van der Waals surface area contributed by atoms with Gasteiger partial charge in [0.15, 0.2) is 5.16 Å². The van der Waals surface area contributed by atoms with Crippen molar-refractivity contribution in [3.63, 3.8) is 0 Å². The minimum absolute atomic E-state index is 0.0538. The second kappa shape index (κ2) is 6.66. The summed E-state index contributed by atoms with van der Waals surface area (Å²) in [5.74, 6) is 0.545. The second-order valence-corrected chi connectivity index (χ2v) is 6.36. The number of nitrogens with zero attached hydrogens (tertiary/aromatic N) is 3. The van der Waals surface area contributed by atoms with Crippen LogP contribution in [0.5, 0.6) is 0 Å². The van der Waals surface area contributed by atoms with Crippen LogP contribution in [0.2, 0.25) is 5.02 Å². The molecule has 124 valence electrons. The topological polar surface area (TPSA) is 121 Å². The fourth-order valence-corrected chi connectivity index (χ4v) is 3.41. The van der Waals surface area contributed by atoms with Crippen molar-refractivity contribution in [2.24, 2.45) is 0 Å². The summed E-state index contributed by atoms with van der Waals surface area (Å²) in [4.78, 5) is 23.6. The molecular formula is C15H14ClN5O2S. The van der Waals surface area contributed by atoms with E-state index in [1.165, 1.54) is 17.8 Å². The summed E-state index contributed by atoms with van der Waals surface area (Å²) in [5, 5.41) is 1.80. The molecule has 0 saturated heterocycles. The van der Waals surface area contributed by atoms with Gasteiger partial charge in [0.25, 0.3) is 0 Å². The molecule has 0 fully saturated rings. The van der Waals surface area contributed by atoms with Crippen LogP contribution in [-0.2, 0) is 12.2 Å². The van der Waals surface area contributed by atoms with E-state index in [1.807, 2.05) is 13.0 Å². The Balaban J connectivity index is 1.99. The van der Waals surface area contributed by atoms with Gasteiger partial charge in [-0.2, -0.15) is 15.0 Å². The Morgan fingerprint density at radius 3 is 2.50 bits per heavy atom. The van der Waals surface area contributed by atoms with Crippen LogP contribution in [0.3, 0.4) is 0 Å². The van der Waals surface area contributed by atoms with Crippen LogP contribution in [0.25, 0.3) is 11.0 Å². The van der Waals surface area contributed by atoms with Crippen LogP contribution in [0, 0.1) is 0 Å². The third-order valence-electron chi connectivity index (χ3n) is 3.38. The van der Waals surface area contributed by atoms with Crippen LogP contribution in [0.1, 0.15) is 18.1 Å². The van der Waals surface area contributed by atoms with Crippen LogP contribution in [0.4, 0.5) is 11.9 Å². The average Bonchev–Trinajstić information content (AvgIpc) is 2.51. The molecule has 7 nitrogen and oxygen atoms in total. The van der Waals surface area contributed by atoms with Crippen LogP contribution in [-0.4, -0.2) is 15.0 Å². The van der Waals surface area contributed by atoms with E-state index >= 15 is 0 Å². The van der Waals surface area contributed by atoms with E-state index in [4.69, 9.17) is 27.5 Å². The second-order valence-electron chi connectivity index (χ2n) is 5.01. The minimum Gasteiger partial charge on any atom is -0.423 e. The summed E-state index contributed by atoms with van der Waals surface area (Å²) in [6, 6.07) is 5.04. The lowest BCUT2D eigenvalue weighted by Gasteiger charge is -2.08. The summed E-state index contributed by atoms with van der Waals surface area (Å²) >= 11 is 7.58. The molecule has 3 aromatic rings. The van der Waals surface area contributed by atoms with E-state index in [2.05, 4.69) is 15.0 Å². The van der Waals surface area contributed by atoms with Crippen molar-refractivity contribution in [1.29, 1.82) is 0 Å². The number of nitrogen functional groups attached to an aromatic ring is 2. The maximum atomic E-state index is 11.8. The fourth-order valence-electron chi connectivity index (χ4n) is 2.27. The zero-order valence-corrected chi connectivity index (χ0v) is 14.3. The molecule has 2 heterocycles. The zero-order valence-electron chi connectivity index (χ0n) is 12.7. The maximum Gasteiger partial charge on any atom is 0.336 e. The largest absolute Gasteiger partial charge is 0.423 e. The Bertz CT molecular complexity index is 956. The molecule has 3 rings (SSSR count). The Morgan fingerprint density at radius 1 is 1.12 bits per heavy atom. The lowest BCUT2D eigenvalue weighted by Crippen LogP contribution is -2.04. The lowest BCUT2D eigenvalue weighted by molar-refractivity contribution is 0.559. The Kier molecular flexibility index (Phi) is 4.59. The molecule has 0 aliphatic heterocycles. The number of aryl methyl sites for hydroxylation is 1. The van der Waals surface area contributed by atoms with Gasteiger partial charge in [-0.05, 0) is 29.7 Å². The summed E-state index contributed by atoms with van der Waals surface area (Å²) in [7, 11) is 0. The van der Waals surface area contributed by atoms with Crippen molar-refractivity contribution >= 4 is 46.2 Å². The molecule has 0 unspecified atom stereocenters. The van der Waals surface area contributed by atoms with Gasteiger partial charge in [-0.1, -0.05) is 30.3 Å². The highest BCUT2D eigenvalue weighted by molar-refractivity contribution is 7.98. The number of fused-ring (bicyclic) bond motifs is 1. The third kappa shape index (κ3) is 3.44. The number of halogens is 1. The molecule has 0 atom stereocenters. The van der Waals surface area contributed by atoms with Crippen molar-refractivity contribution in [1.82, 2.24) is 15.0 Å². The molecule has 0 saturated carbocycles. The van der Waals surface area contributed by atoms with Gasteiger partial charge in [-0.15, -0.1) is 0 Å². The monoisotopic (exact) mass is 363 g/mol. The number of anilines is 2. The van der Waals surface area contributed by atoms with Gasteiger partial charge < -0.3 is 15.9 Å². The number of benzene rings is 1. The fraction of sp³-hybridized carbons (Fsp3) is 0.200. The molecule has 0 spiro atoms. The first-order chi connectivity index (χ1) is 11.5. The minimum atomic E-state index is -0.419. The number of thioether (sulfide) groups is 1. The number of nitrogens with two attached hydrogens (primary N) is 2. The van der Waals surface area contributed by atoms with Crippen molar-refractivity contribution < 1.29 is 4.42 Å². The van der Waals surface area contributed by atoms with Gasteiger partial charge in [0.1, 0.15) is 5.58 Å². The van der Waals surface area contributed by atoms with Crippen LogP contribution >= 0.6 is 23.4 Å². The van der Waals surface area contributed by atoms with E-state index in [1.54, 1.807) is 6.07 Å². The normalized spacial score (nSPS) is 11.1. The van der Waals surface area contributed by atoms with Crippen LogP contribution < -0.4 is 17.1 Å². The van der Waals surface area contributed by atoms with Gasteiger partial charge >= 0.3 is 5.63 Å². The average molecular weight is 364 g/mol. The molecule has 9 heteroatoms. The maximum absolute atomic E-state index is 11.8. The molecule has 0 amide bonds. The molecule has 4 N–H and O–H groups in total. The molecule has 1 aromatic carbocycles. The highest BCUT2D eigenvalue weighted by Crippen LogP contribution is 2.29. The van der Waals surface area contributed by atoms with Crippen molar-refractivity contribution in [2.45, 2.75) is 24.3 Å². The molecule has 0 radical (unpaired) electrons. The quantitative estimate of drug-likeness (QED) is 0.536. The number of hydrogen-bond donors (Lipinski definition) is 2. The van der Waals surface area contributed by atoms with Crippen molar-refractivity contribution in [2.75, 3.05) is 11.5 Å². The Morgan fingerprint density at radius 2 is 1.83 bits per heavy atom. The van der Waals surface area contributed by atoms with E-state index in [0.717, 1.165) is 22.9 Å². The number of aromatic nitrogens is 3. The molecule has 0 bridgehead atoms. The predicted octanol–water partition coefficient (Wildman–Crippen LogP) is 2.65. The molecule has 0 aliphatic carbocycles. The van der Waals surface area contributed by atoms with Gasteiger partial charge in [0, 0.05) is 22.2 Å². The van der Waals surface area contributed by atoms with E-state index < -0.39 is 5.63 Å². The van der Waals surface area contributed by atoms with Gasteiger partial charge in [0.2, 0.25) is 11.9 Å². The summed E-state index contributed by atoms with van der Waals surface area (Å²) in [6.07, 6.45) is 0.751. The first kappa shape index (κ1) is 16.5. The van der Waals surface area contributed by atoms with Crippen LogP contribution in [0.15, 0.2) is 32.6 Å². The van der Waals surface area contributed by atoms with Gasteiger partial charge in [0.05, 0.1) is 0 Å².